The van der Waals surface area contributed by atoms with E-state index in [1.54, 1.807) is 36.4 Å². The zero-order valence-corrected chi connectivity index (χ0v) is 39.6. The molecule has 1 heterocycles. The fourth-order valence-corrected chi connectivity index (χ4v) is 9.33. The molecule has 0 N–H and O–H groups in total. The third-order valence-corrected chi connectivity index (χ3v) is 13.1. The Morgan fingerprint density at radius 1 is 0.370 bits per heavy atom. The molecule has 0 saturated carbocycles. The molecule has 7 aromatic rings. The second-order valence-electron chi connectivity index (χ2n) is 17.2. The van der Waals surface area contributed by atoms with E-state index in [0.717, 1.165) is 46.5 Å². The van der Waals surface area contributed by atoms with Crippen molar-refractivity contribution in [2.75, 3.05) is 0 Å². The smallest absolute Gasteiger partial charge is 0.289 e. The zero-order chi connectivity index (χ0) is 51.0. The van der Waals surface area contributed by atoms with E-state index in [4.69, 9.17) is 10.2 Å². The van der Waals surface area contributed by atoms with Crippen LogP contribution in [-0.2, 0) is 47.6 Å². The maximum Gasteiger partial charge on any atom is 0.416 e. The summed E-state index contributed by atoms with van der Waals surface area (Å²) in [6.07, 6.45) is -0.910. The average Bonchev–Trinajstić information content (AvgIpc) is 3.87. The molecule has 0 amide bonds. The van der Waals surface area contributed by atoms with Gasteiger partial charge < -0.3 is 0 Å². The molecule has 2 aliphatic rings. The monoisotopic (exact) mass is 996 g/mol. The molecule has 0 bridgehead atoms. The van der Waals surface area contributed by atoms with E-state index in [-0.39, 0.29) is 22.9 Å². The van der Waals surface area contributed by atoms with Gasteiger partial charge in [0, 0.05) is 59.1 Å². The number of thiophene rings is 1. The van der Waals surface area contributed by atoms with Crippen molar-refractivity contribution in [3.05, 3.63) is 283 Å². The number of ketones is 2. The first-order chi connectivity index (χ1) is 35.2. The third-order valence-electron chi connectivity index (χ3n) is 12.0. The fraction of sp³-hybridized carbons (Fsp3) is 0.100. The first-order valence-electron chi connectivity index (χ1n) is 23.1. The number of benzene rings is 6. The van der Waals surface area contributed by atoms with Crippen molar-refractivity contribution in [2.24, 2.45) is 20.5 Å². The minimum absolute atomic E-state index is 0.143. The van der Waals surface area contributed by atoms with E-state index in [2.05, 4.69) is 10.2 Å². The minimum atomic E-state index is -4.57. The summed E-state index contributed by atoms with van der Waals surface area (Å²) in [4.78, 5) is 29.7. The quantitative estimate of drug-likeness (QED) is 0.0803. The van der Waals surface area contributed by atoms with Gasteiger partial charge in [-0.1, -0.05) is 121 Å². The summed E-state index contributed by atoms with van der Waals surface area (Å²) in [5, 5.41) is 18.3. The fourth-order valence-electron chi connectivity index (χ4n) is 8.31. The van der Waals surface area contributed by atoms with Crippen LogP contribution in [0.3, 0.4) is 0 Å². The van der Waals surface area contributed by atoms with Gasteiger partial charge in [0.1, 0.15) is 11.4 Å². The molecule has 0 aliphatic heterocycles. The second-order valence-corrected chi connectivity index (χ2v) is 18.3. The number of halogens is 6. The number of nitrogens with zero attached hydrogens (tertiary/aromatic N) is 4. The van der Waals surface area contributed by atoms with Crippen molar-refractivity contribution in [1.29, 1.82) is 0 Å². The molecule has 73 heavy (non-hydrogen) atoms. The number of allylic oxidation sites excluding steroid dienone is 10. The predicted octanol–water partition coefficient (Wildman–Crippen LogP) is 16.6. The molecule has 9 rings (SSSR count). The van der Waals surface area contributed by atoms with Crippen LogP contribution in [0.25, 0.3) is 11.4 Å². The second kappa shape index (κ2) is 21.9. The van der Waals surface area contributed by atoms with Crippen LogP contribution in [0.1, 0.15) is 43.1 Å². The summed E-state index contributed by atoms with van der Waals surface area (Å²) in [5.41, 5.74) is 5.74. The summed E-state index contributed by atoms with van der Waals surface area (Å²) in [6, 6.07) is 50.2. The Balaban J connectivity index is 1.23. The number of carbonyl (C=O) groups is 2. The molecule has 1 aromatic heterocycles. The lowest BCUT2D eigenvalue weighted by molar-refractivity contribution is -0.138. The number of hydrogen-bond donors (Lipinski definition) is 0. The highest BCUT2D eigenvalue weighted by molar-refractivity contribution is 7.14. The summed E-state index contributed by atoms with van der Waals surface area (Å²) >= 11 is 1.23. The van der Waals surface area contributed by atoms with E-state index in [9.17, 15) is 35.9 Å². The lowest BCUT2D eigenvalue weighted by Gasteiger charge is -2.18. The maximum atomic E-state index is 14.3. The van der Waals surface area contributed by atoms with Crippen LogP contribution < -0.4 is 0 Å². The Labute approximate surface area is 421 Å². The van der Waals surface area contributed by atoms with Gasteiger partial charge in [-0.25, -0.2) is 0 Å². The highest BCUT2D eigenvalue weighted by atomic mass is 32.1. The van der Waals surface area contributed by atoms with E-state index in [1.165, 1.54) is 35.6 Å². The summed E-state index contributed by atoms with van der Waals surface area (Å²) < 4.78 is 81.6. The number of azo groups is 2. The summed E-state index contributed by atoms with van der Waals surface area (Å²) in [5.74, 6) is -0.304. The molecule has 2 aliphatic carbocycles. The zero-order valence-electron chi connectivity index (χ0n) is 38.7. The molecule has 0 unspecified atom stereocenters. The van der Waals surface area contributed by atoms with E-state index in [0.29, 0.717) is 80.3 Å². The van der Waals surface area contributed by atoms with Gasteiger partial charge in [-0.2, -0.15) is 36.6 Å². The van der Waals surface area contributed by atoms with Crippen LogP contribution in [0, 0.1) is 0 Å². The molecule has 13 heteroatoms. The molecule has 0 saturated heterocycles. The van der Waals surface area contributed by atoms with Crippen LogP contribution in [0.2, 0.25) is 0 Å². The van der Waals surface area contributed by atoms with Gasteiger partial charge in [0.05, 0.1) is 32.3 Å². The first kappa shape index (κ1) is 49.6. The Morgan fingerprint density at radius 2 is 0.644 bits per heavy atom. The van der Waals surface area contributed by atoms with Gasteiger partial charge in [0.25, 0.3) is 0 Å². The van der Waals surface area contributed by atoms with Crippen molar-refractivity contribution >= 4 is 45.7 Å². The van der Waals surface area contributed by atoms with Gasteiger partial charge >= 0.3 is 12.4 Å². The number of hydrogen-bond acceptors (Lipinski definition) is 7. The summed E-state index contributed by atoms with van der Waals surface area (Å²) in [7, 11) is 0. The van der Waals surface area contributed by atoms with Crippen LogP contribution in [0.5, 0.6) is 0 Å². The number of Topliss-reactive ketones (excluding diaryl/α,β-unsaturated/α-hetero) is 2. The maximum absolute atomic E-state index is 14.3. The highest BCUT2D eigenvalue weighted by Crippen LogP contribution is 2.40. The first-order valence-corrected chi connectivity index (χ1v) is 23.9. The Bertz CT molecular complexity index is 3050. The van der Waals surface area contributed by atoms with E-state index < -0.39 is 23.5 Å². The average molecular weight is 997 g/mol. The molecular formula is C60H42F6N4O2S. The van der Waals surface area contributed by atoms with Gasteiger partial charge in [0.15, 0.2) is 11.6 Å². The standard InChI is InChI=1S/C60H42F6N4O2S/c61-59(62,63)49-21-25-51(26-22-49)67-69-55(43-35-45(31-39-13-5-1-6-14-39)57(71)46(36-43)32-40-15-7-2-8-16-40)53-29-30-54(73-53)56(70-68-52-27-23-50(24-28-52)60(64,65)66)44-37-47(33-41-17-9-3-10-18-41)58(72)48(38-44)34-42-19-11-4-12-20-42/h1-30,35-38H,31-34H2/b69-67+,70-68+. The van der Waals surface area contributed by atoms with Gasteiger partial charge in [-0.15, -0.1) is 21.6 Å². The van der Waals surface area contributed by atoms with Crippen molar-refractivity contribution in [3.63, 3.8) is 0 Å². The van der Waals surface area contributed by atoms with Crippen LogP contribution in [0.15, 0.2) is 260 Å². The van der Waals surface area contributed by atoms with Crippen molar-refractivity contribution in [3.8, 4) is 0 Å². The molecule has 0 fully saturated rings. The Morgan fingerprint density at radius 3 is 0.904 bits per heavy atom. The van der Waals surface area contributed by atoms with Gasteiger partial charge in [0.2, 0.25) is 0 Å². The highest BCUT2D eigenvalue weighted by Gasteiger charge is 2.31. The van der Waals surface area contributed by atoms with Crippen LogP contribution >= 0.6 is 11.3 Å². The molecular weight excluding hydrogens is 955 g/mol. The normalized spacial score (nSPS) is 14.3. The number of rotatable bonds is 14. The molecule has 362 valence electrons. The number of alkyl halides is 6. The lowest BCUT2D eigenvalue weighted by Crippen LogP contribution is -2.15. The van der Waals surface area contributed by atoms with Crippen LogP contribution in [0.4, 0.5) is 37.7 Å². The SMILES string of the molecule is O=C1C(Cc2ccccc2)=CC(=C(/N=N/c2ccc(C(F)(F)F)cc2)c2ccc(C(/N=N/c3ccc(C(F)(F)F)cc3)=C3C=C(Cc4ccccc4)C(=O)C(Cc4ccccc4)=C3)s2)C=C1Cc1ccccc1. The number of carbonyl (C=O) groups excluding carboxylic acids is 2. The van der Waals surface area contributed by atoms with Gasteiger partial charge in [-0.05, 0) is 107 Å². The molecule has 6 nitrogen and oxygen atoms in total. The third kappa shape index (κ3) is 12.6. The summed E-state index contributed by atoms with van der Waals surface area (Å²) in [6.45, 7) is 0. The molecule has 0 radical (unpaired) electrons. The van der Waals surface area contributed by atoms with E-state index >= 15 is 0 Å². The van der Waals surface area contributed by atoms with Gasteiger partial charge in [-0.3, -0.25) is 9.59 Å². The van der Waals surface area contributed by atoms with Crippen molar-refractivity contribution in [1.82, 2.24) is 0 Å². The minimum Gasteiger partial charge on any atom is -0.289 e. The Hall–Kier alpha value is -8.42. The van der Waals surface area contributed by atoms with Crippen molar-refractivity contribution < 1.29 is 35.9 Å². The molecule has 6 aromatic carbocycles. The lowest BCUT2D eigenvalue weighted by atomic mass is 9.86. The topological polar surface area (TPSA) is 83.6 Å². The molecule has 0 atom stereocenters. The van der Waals surface area contributed by atoms with Crippen LogP contribution in [-0.4, -0.2) is 11.6 Å². The van der Waals surface area contributed by atoms with Crippen molar-refractivity contribution in [2.45, 2.75) is 38.0 Å². The predicted molar refractivity (Wildman–Crippen MR) is 273 cm³/mol. The largest absolute Gasteiger partial charge is 0.416 e. The molecule has 0 spiro atoms. The van der Waals surface area contributed by atoms with E-state index in [1.807, 2.05) is 121 Å². The Kier molecular flexibility index (Phi) is 14.9.